The van der Waals surface area contributed by atoms with E-state index in [1.54, 1.807) is 6.07 Å². The van der Waals surface area contributed by atoms with Crippen molar-refractivity contribution in [2.75, 3.05) is 0 Å². The molecule has 1 heterocycles. The number of nitro groups is 1. The summed E-state index contributed by atoms with van der Waals surface area (Å²) < 4.78 is 0. The Hall–Kier alpha value is -1.91. The van der Waals surface area contributed by atoms with Crippen molar-refractivity contribution in [3.05, 3.63) is 34.1 Å². The van der Waals surface area contributed by atoms with Crippen LogP contribution >= 0.6 is 0 Å². The number of rotatable bonds is 9. The molecule has 5 nitrogen and oxygen atoms in total. The van der Waals surface area contributed by atoms with Crippen molar-refractivity contribution in [1.82, 2.24) is 9.97 Å². The first-order valence-electron chi connectivity index (χ1n) is 7.83. The predicted molar refractivity (Wildman–Crippen MR) is 84.4 cm³/mol. The first-order valence-corrected chi connectivity index (χ1v) is 7.83. The number of imidazole rings is 1. The zero-order chi connectivity index (χ0) is 15.1. The van der Waals surface area contributed by atoms with E-state index in [1.807, 2.05) is 0 Å². The molecule has 1 aromatic carbocycles. The molecule has 0 fully saturated rings. The normalized spacial score (nSPS) is 11.1. The largest absolute Gasteiger partial charge is 0.342 e. The molecule has 0 saturated carbocycles. The molecule has 0 saturated heterocycles. The lowest BCUT2D eigenvalue weighted by atomic mass is 10.1. The Morgan fingerprint density at radius 3 is 2.57 bits per heavy atom. The van der Waals surface area contributed by atoms with Gasteiger partial charge in [0.25, 0.3) is 5.69 Å². The number of nitrogens with zero attached hydrogens (tertiary/aromatic N) is 2. The third-order valence-electron chi connectivity index (χ3n) is 3.74. The van der Waals surface area contributed by atoms with Gasteiger partial charge in [-0.3, -0.25) is 10.1 Å². The lowest BCUT2D eigenvalue weighted by Crippen LogP contribution is -1.88. The highest BCUT2D eigenvalue weighted by atomic mass is 16.6. The second kappa shape index (κ2) is 7.76. The van der Waals surface area contributed by atoms with Crippen LogP contribution in [0.3, 0.4) is 0 Å². The minimum atomic E-state index is -0.385. The maximum Gasteiger partial charge on any atom is 0.271 e. The molecule has 5 heteroatoms. The Labute approximate surface area is 124 Å². The number of nitro benzene ring substituents is 1. The van der Waals surface area contributed by atoms with Gasteiger partial charge in [0, 0.05) is 18.6 Å². The van der Waals surface area contributed by atoms with Crippen LogP contribution in [-0.2, 0) is 6.42 Å². The number of hydrogen-bond acceptors (Lipinski definition) is 3. The third kappa shape index (κ3) is 4.55. The van der Waals surface area contributed by atoms with Crippen molar-refractivity contribution >= 4 is 16.7 Å². The molecule has 0 radical (unpaired) electrons. The minimum absolute atomic E-state index is 0.0940. The topological polar surface area (TPSA) is 71.8 Å². The van der Waals surface area contributed by atoms with E-state index in [0.29, 0.717) is 5.52 Å². The van der Waals surface area contributed by atoms with E-state index >= 15 is 0 Å². The molecular formula is C16H23N3O2. The fourth-order valence-electron chi connectivity index (χ4n) is 2.53. The van der Waals surface area contributed by atoms with Crippen LogP contribution in [0.1, 0.15) is 57.7 Å². The molecule has 2 rings (SSSR count). The Morgan fingerprint density at radius 2 is 1.86 bits per heavy atom. The molecular weight excluding hydrogens is 266 g/mol. The van der Waals surface area contributed by atoms with E-state index in [9.17, 15) is 10.1 Å². The van der Waals surface area contributed by atoms with Gasteiger partial charge in [0.1, 0.15) is 5.82 Å². The number of hydrogen-bond donors (Lipinski definition) is 1. The average Bonchev–Trinajstić information content (AvgIpc) is 2.88. The highest BCUT2D eigenvalue weighted by Gasteiger charge is 2.09. The highest BCUT2D eigenvalue weighted by Crippen LogP contribution is 2.19. The smallest absolute Gasteiger partial charge is 0.271 e. The molecule has 0 spiro atoms. The van der Waals surface area contributed by atoms with Gasteiger partial charge in [0.05, 0.1) is 16.0 Å². The quantitative estimate of drug-likeness (QED) is 0.411. The van der Waals surface area contributed by atoms with Crippen molar-refractivity contribution in [3.63, 3.8) is 0 Å². The molecule has 21 heavy (non-hydrogen) atoms. The van der Waals surface area contributed by atoms with Crippen molar-refractivity contribution in [3.8, 4) is 0 Å². The van der Waals surface area contributed by atoms with Gasteiger partial charge >= 0.3 is 0 Å². The van der Waals surface area contributed by atoms with E-state index in [0.717, 1.165) is 24.2 Å². The molecule has 2 aromatic rings. The monoisotopic (exact) mass is 289 g/mol. The van der Waals surface area contributed by atoms with Gasteiger partial charge < -0.3 is 4.98 Å². The maximum atomic E-state index is 10.7. The Morgan fingerprint density at radius 1 is 1.14 bits per heavy atom. The van der Waals surface area contributed by atoms with E-state index in [-0.39, 0.29) is 10.6 Å². The standard InChI is InChI=1S/C16H23N3O2/c1-2-3-4-5-6-7-8-9-16-17-14-11-10-13(19(20)21)12-15(14)18-16/h10-12H,2-9H2,1H3,(H,17,18). The van der Waals surface area contributed by atoms with Gasteiger partial charge in [0.15, 0.2) is 0 Å². The molecule has 0 aliphatic carbocycles. The number of non-ortho nitro benzene ring substituents is 1. The van der Waals surface area contributed by atoms with E-state index in [2.05, 4.69) is 16.9 Å². The van der Waals surface area contributed by atoms with Crippen LogP contribution in [-0.4, -0.2) is 14.9 Å². The molecule has 0 unspecified atom stereocenters. The van der Waals surface area contributed by atoms with Crippen LogP contribution < -0.4 is 0 Å². The Balaban J connectivity index is 1.81. The molecule has 0 aliphatic heterocycles. The van der Waals surface area contributed by atoms with Gasteiger partial charge in [-0.1, -0.05) is 45.4 Å². The second-order valence-corrected chi connectivity index (χ2v) is 5.51. The number of aromatic amines is 1. The van der Waals surface area contributed by atoms with Crippen LogP contribution in [0.25, 0.3) is 11.0 Å². The lowest BCUT2D eigenvalue weighted by molar-refractivity contribution is -0.384. The van der Waals surface area contributed by atoms with Crippen LogP contribution in [0, 0.1) is 10.1 Å². The first kappa shape index (κ1) is 15.5. The van der Waals surface area contributed by atoms with Crippen LogP contribution in [0.2, 0.25) is 0 Å². The molecule has 0 aliphatic rings. The molecule has 1 N–H and O–H groups in total. The van der Waals surface area contributed by atoms with E-state index in [1.165, 1.54) is 50.7 Å². The van der Waals surface area contributed by atoms with Crippen molar-refractivity contribution in [2.45, 2.75) is 58.3 Å². The Bertz CT molecular complexity index is 592. The summed E-state index contributed by atoms with van der Waals surface area (Å²) in [6.07, 6.45) is 9.81. The van der Waals surface area contributed by atoms with Gasteiger partial charge in [0.2, 0.25) is 0 Å². The second-order valence-electron chi connectivity index (χ2n) is 5.51. The Kier molecular flexibility index (Phi) is 5.72. The van der Waals surface area contributed by atoms with Gasteiger partial charge in [-0.2, -0.15) is 0 Å². The summed E-state index contributed by atoms with van der Waals surface area (Å²) >= 11 is 0. The molecule has 0 bridgehead atoms. The zero-order valence-electron chi connectivity index (χ0n) is 12.6. The van der Waals surface area contributed by atoms with Crippen LogP contribution in [0.4, 0.5) is 5.69 Å². The van der Waals surface area contributed by atoms with Gasteiger partial charge in [-0.05, 0) is 12.5 Å². The van der Waals surface area contributed by atoms with Crippen molar-refractivity contribution in [1.29, 1.82) is 0 Å². The summed E-state index contributed by atoms with van der Waals surface area (Å²) in [4.78, 5) is 18.0. The van der Waals surface area contributed by atoms with E-state index < -0.39 is 0 Å². The molecule has 1 aromatic heterocycles. The lowest BCUT2D eigenvalue weighted by Gasteiger charge is -1.99. The molecule has 0 amide bonds. The summed E-state index contributed by atoms with van der Waals surface area (Å²) in [5.41, 5.74) is 1.65. The fraction of sp³-hybridized carbons (Fsp3) is 0.562. The summed E-state index contributed by atoms with van der Waals surface area (Å²) in [6, 6.07) is 4.77. The summed E-state index contributed by atoms with van der Waals surface area (Å²) in [5, 5.41) is 10.7. The SMILES string of the molecule is CCCCCCCCCc1nc2cc([N+](=O)[O-])ccc2[nH]1. The summed E-state index contributed by atoms with van der Waals surface area (Å²) in [5.74, 6) is 0.930. The number of aryl methyl sites for hydroxylation is 1. The van der Waals surface area contributed by atoms with E-state index in [4.69, 9.17) is 0 Å². The number of aromatic nitrogens is 2. The van der Waals surface area contributed by atoms with Crippen molar-refractivity contribution < 1.29 is 4.92 Å². The number of fused-ring (bicyclic) bond motifs is 1. The number of benzene rings is 1. The highest BCUT2D eigenvalue weighted by molar-refractivity contribution is 5.77. The molecule has 0 atom stereocenters. The fourth-order valence-corrected chi connectivity index (χ4v) is 2.53. The number of nitrogens with one attached hydrogen (secondary N) is 1. The van der Waals surface area contributed by atoms with Crippen LogP contribution in [0.15, 0.2) is 18.2 Å². The predicted octanol–water partition coefficient (Wildman–Crippen LogP) is 4.76. The minimum Gasteiger partial charge on any atom is -0.342 e. The summed E-state index contributed by atoms with van der Waals surface area (Å²) in [6.45, 7) is 2.23. The summed E-state index contributed by atoms with van der Waals surface area (Å²) in [7, 11) is 0. The maximum absolute atomic E-state index is 10.7. The van der Waals surface area contributed by atoms with Crippen molar-refractivity contribution in [2.24, 2.45) is 0 Å². The average molecular weight is 289 g/mol. The zero-order valence-corrected chi connectivity index (χ0v) is 12.6. The molecule has 114 valence electrons. The number of H-pyrrole nitrogens is 1. The first-order chi connectivity index (χ1) is 10.2. The van der Waals surface area contributed by atoms with Crippen LogP contribution in [0.5, 0.6) is 0 Å². The number of unbranched alkanes of at least 4 members (excludes halogenated alkanes) is 6. The van der Waals surface area contributed by atoms with Gasteiger partial charge in [-0.25, -0.2) is 4.98 Å². The van der Waals surface area contributed by atoms with Gasteiger partial charge in [-0.15, -0.1) is 0 Å². The third-order valence-corrected chi connectivity index (χ3v) is 3.74.